The molecule has 0 aromatic rings. The van der Waals surface area contributed by atoms with Gasteiger partial charge in [0.05, 0.1) is 0 Å². The maximum absolute atomic E-state index is 10.6. The van der Waals surface area contributed by atoms with Crippen LogP contribution in [0.1, 0.15) is 6.92 Å². The van der Waals surface area contributed by atoms with Crippen molar-refractivity contribution in [2.24, 2.45) is 0 Å². The molecule has 3 nitrogen and oxygen atoms in total. The summed E-state index contributed by atoms with van der Waals surface area (Å²) in [5.41, 5.74) is 0. The number of hydrogen-bond acceptors (Lipinski definition) is 2. The highest BCUT2D eigenvalue weighted by Gasteiger charge is 2.16. The SMILES string of the molecule is C=CC(=O)O[N+](C)(C)CC.[Cl-]. The Kier molecular flexibility index (Phi) is 6.13. The van der Waals surface area contributed by atoms with Crippen LogP contribution in [0, 0.1) is 0 Å². The lowest BCUT2D eigenvalue weighted by molar-refractivity contribution is -1.06. The molecule has 0 aromatic carbocycles. The minimum atomic E-state index is -0.383. The number of nitrogens with zero attached hydrogens (tertiary/aromatic N) is 1. The largest absolute Gasteiger partial charge is 1.00 e. The monoisotopic (exact) mass is 179 g/mol. The topological polar surface area (TPSA) is 26.3 Å². The van der Waals surface area contributed by atoms with E-state index < -0.39 is 0 Å². The molecule has 0 amide bonds. The zero-order valence-electron chi connectivity index (χ0n) is 7.13. The highest BCUT2D eigenvalue weighted by atomic mass is 35.5. The van der Waals surface area contributed by atoms with Crippen LogP contribution in [0.25, 0.3) is 0 Å². The van der Waals surface area contributed by atoms with Crippen molar-refractivity contribution in [3.8, 4) is 0 Å². The summed E-state index contributed by atoms with van der Waals surface area (Å²) in [5.74, 6) is -0.383. The molecule has 0 atom stereocenters. The van der Waals surface area contributed by atoms with Crippen LogP contribution in [0.4, 0.5) is 0 Å². The van der Waals surface area contributed by atoms with Crippen LogP contribution >= 0.6 is 0 Å². The van der Waals surface area contributed by atoms with Crippen LogP contribution in [0.2, 0.25) is 0 Å². The van der Waals surface area contributed by atoms with Crippen molar-refractivity contribution < 1.29 is 26.7 Å². The number of quaternary nitrogens is 1. The normalized spacial score (nSPS) is 9.73. The van der Waals surface area contributed by atoms with E-state index in [1.165, 1.54) is 0 Å². The Morgan fingerprint density at radius 3 is 2.36 bits per heavy atom. The number of carbonyl (C=O) groups is 1. The molecular formula is C7H14ClNO2. The average molecular weight is 180 g/mol. The van der Waals surface area contributed by atoms with Gasteiger partial charge in [-0.1, -0.05) is 6.58 Å². The fourth-order valence-electron chi connectivity index (χ4n) is 0.345. The molecule has 0 rings (SSSR count). The Morgan fingerprint density at radius 2 is 2.09 bits per heavy atom. The van der Waals surface area contributed by atoms with E-state index in [1.54, 1.807) is 14.1 Å². The van der Waals surface area contributed by atoms with Crippen LogP contribution in [0.3, 0.4) is 0 Å². The van der Waals surface area contributed by atoms with E-state index in [2.05, 4.69) is 6.58 Å². The van der Waals surface area contributed by atoms with Gasteiger partial charge in [0.15, 0.2) is 0 Å². The molecule has 0 fully saturated rings. The van der Waals surface area contributed by atoms with Crippen molar-refractivity contribution in [2.45, 2.75) is 6.92 Å². The Labute approximate surface area is 73.6 Å². The number of carbonyl (C=O) groups excluding carboxylic acids is 1. The molecule has 0 heterocycles. The van der Waals surface area contributed by atoms with Gasteiger partial charge >= 0.3 is 5.97 Å². The summed E-state index contributed by atoms with van der Waals surface area (Å²) >= 11 is 0. The van der Waals surface area contributed by atoms with Gasteiger partial charge in [-0.15, -0.1) is 4.65 Å². The highest BCUT2D eigenvalue weighted by molar-refractivity contribution is 5.80. The van der Waals surface area contributed by atoms with Crippen molar-refractivity contribution in [3.63, 3.8) is 0 Å². The van der Waals surface area contributed by atoms with E-state index in [4.69, 9.17) is 4.84 Å². The van der Waals surface area contributed by atoms with Crippen LogP contribution in [0.15, 0.2) is 12.7 Å². The lowest BCUT2D eigenvalue weighted by Crippen LogP contribution is -3.00. The third-order valence-corrected chi connectivity index (χ3v) is 1.27. The molecule has 0 aliphatic carbocycles. The average Bonchev–Trinajstić information content (AvgIpc) is 1.87. The number of hydroxylamine groups is 3. The molecule has 0 saturated heterocycles. The van der Waals surface area contributed by atoms with Gasteiger partial charge in [0.2, 0.25) is 0 Å². The summed E-state index contributed by atoms with van der Waals surface area (Å²) in [6.45, 7) is 5.98. The molecule has 0 saturated carbocycles. The maximum Gasteiger partial charge on any atom is 0.389 e. The fourth-order valence-corrected chi connectivity index (χ4v) is 0.345. The molecule has 0 radical (unpaired) electrons. The lowest BCUT2D eigenvalue weighted by atomic mass is 10.6. The molecule has 0 N–H and O–H groups in total. The standard InChI is InChI=1S/C7H14NO2.ClH/c1-5-7(9)10-8(3,4)6-2;/h5H,1,6H2,2-4H3;1H/q+1;/p-1. The molecule has 11 heavy (non-hydrogen) atoms. The smallest absolute Gasteiger partial charge is 0.389 e. The van der Waals surface area contributed by atoms with Crippen molar-refractivity contribution >= 4 is 5.97 Å². The van der Waals surface area contributed by atoms with Crippen molar-refractivity contribution in [3.05, 3.63) is 12.7 Å². The van der Waals surface area contributed by atoms with Crippen LogP contribution in [-0.4, -0.2) is 31.3 Å². The predicted molar refractivity (Wildman–Crippen MR) is 38.9 cm³/mol. The van der Waals surface area contributed by atoms with Crippen LogP contribution in [0.5, 0.6) is 0 Å². The van der Waals surface area contributed by atoms with Gasteiger partial charge in [-0.25, -0.2) is 4.79 Å². The Morgan fingerprint density at radius 1 is 1.64 bits per heavy atom. The fraction of sp³-hybridized carbons (Fsp3) is 0.571. The van der Waals surface area contributed by atoms with Gasteiger partial charge in [0.25, 0.3) is 0 Å². The van der Waals surface area contributed by atoms with E-state index in [-0.39, 0.29) is 23.0 Å². The van der Waals surface area contributed by atoms with Gasteiger partial charge in [-0.05, 0) is 6.92 Å². The van der Waals surface area contributed by atoms with Crippen molar-refractivity contribution in [1.29, 1.82) is 0 Å². The van der Waals surface area contributed by atoms with E-state index in [9.17, 15) is 4.79 Å². The second kappa shape index (κ2) is 5.16. The quantitative estimate of drug-likeness (QED) is 0.278. The first-order valence-electron chi connectivity index (χ1n) is 3.21. The molecule has 0 aliphatic rings. The van der Waals surface area contributed by atoms with Crippen molar-refractivity contribution in [2.75, 3.05) is 20.6 Å². The summed E-state index contributed by atoms with van der Waals surface area (Å²) in [4.78, 5) is 15.5. The van der Waals surface area contributed by atoms with Crippen LogP contribution < -0.4 is 12.4 Å². The third-order valence-electron chi connectivity index (χ3n) is 1.27. The molecule has 0 aromatic heterocycles. The molecule has 0 unspecified atom stereocenters. The molecule has 66 valence electrons. The van der Waals surface area contributed by atoms with Crippen molar-refractivity contribution in [1.82, 2.24) is 0 Å². The summed E-state index contributed by atoms with van der Waals surface area (Å²) in [5, 5.41) is 0. The van der Waals surface area contributed by atoms with Gasteiger partial charge in [-0.2, -0.15) is 0 Å². The van der Waals surface area contributed by atoms with E-state index in [0.29, 0.717) is 0 Å². The first-order chi connectivity index (χ1) is 4.52. The molecule has 0 spiro atoms. The summed E-state index contributed by atoms with van der Waals surface area (Å²) in [7, 11) is 3.61. The van der Waals surface area contributed by atoms with E-state index in [1.807, 2.05) is 6.92 Å². The number of hydrogen-bond donors (Lipinski definition) is 0. The lowest BCUT2D eigenvalue weighted by Gasteiger charge is -2.23. The molecule has 0 aliphatic heterocycles. The van der Waals surface area contributed by atoms with Gasteiger partial charge in [-0.3, -0.25) is 4.84 Å². The highest BCUT2D eigenvalue weighted by Crippen LogP contribution is 1.97. The predicted octanol–water partition coefficient (Wildman–Crippen LogP) is -2.27. The second-order valence-corrected chi connectivity index (χ2v) is 2.50. The summed E-state index contributed by atoms with van der Waals surface area (Å²) < 4.78 is 0.241. The first-order valence-corrected chi connectivity index (χ1v) is 3.21. The Balaban J connectivity index is 0. The number of rotatable bonds is 3. The summed E-state index contributed by atoms with van der Waals surface area (Å²) in [6, 6.07) is 0. The maximum atomic E-state index is 10.6. The van der Waals surface area contributed by atoms with E-state index >= 15 is 0 Å². The van der Waals surface area contributed by atoms with Gasteiger partial charge < -0.3 is 12.4 Å². The zero-order valence-corrected chi connectivity index (χ0v) is 7.89. The minimum absolute atomic E-state index is 0. The Bertz CT molecular complexity index is 145. The van der Waals surface area contributed by atoms with E-state index in [0.717, 1.165) is 12.6 Å². The number of halogens is 1. The van der Waals surface area contributed by atoms with Gasteiger partial charge in [0, 0.05) is 6.08 Å². The Hall–Kier alpha value is -0.540. The minimum Gasteiger partial charge on any atom is -1.00 e. The summed E-state index contributed by atoms with van der Waals surface area (Å²) in [6.07, 6.45) is 1.16. The van der Waals surface area contributed by atoms with Crippen LogP contribution in [-0.2, 0) is 9.63 Å². The molecule has 4 heteroatoms. The first kappa shape index (κ1) is 13.1. The molecular weight excluding hydrogens is 166 g/mol. The molecule has 0 bridgehead atoms. The zero-order chi connectivity index (χ0) is 8.20. The van der Waals surface area contributed by atoms with Gasteiger partial charge in [0.1, 0.15) is 20.6 Å². The third kappa shape index (κ3) is 5.88. The second-order valence-electron chi connectivity index (χ2n) is 2.50.